The molecule has 0 aliphatic heterocycles. The molecule has 20 heavy (non-hydrogen) atoms. The molecule has 8 heteroatoms. The van der Waals surface area contributed by atoms with Crippen LogP contribution in [0.5, 0.6) is 0 Å². The van der Waals surface area contributed by atoms with Crippen LogP contribution in [-0.2, 0) is 16.4 Å². The zero-order valence-corrected chi connectivity index (χ0v) is 13.5. The first-order valence-electron chi connectivity index (χ1n) is 5.68. The number of thiophene rings is 1. The van der Waals surface area contributed by atoms with E-state index in [1.807, 2.05) is 12.1 Å². The number of hydrogen-bond acceptors (Lipinski definition) is 4. The van der Waals surface area contributed by atoms with E-state index in [4.69, 9.17) is 5.73 Å². The summed E-state index contributed by atoms with van der Waals surface area (Å²) in [5.74, 6) is -0.851. The molecule has 2 aromatic rings. The van der Waals surface area contributed by atoms with E-state index in [0.717, 1.165) is 14.7 Å². The van der Waals surface area contributed by atoms with Crippen LogP contribution in [0.4, 0.5) is 10.1 Å². The number of nitrogen functional groups attached to an aromatic ring is 1. The van der Waals surface area contributed by atoms with Crippen molar-refractivity contribution in [3.63, 3.8) is 0 Å². The number of benzene rings is 1. The largest absolute Gasteiger partial charge is 0.398 e. The van der Waals surface area contributed by atoms with E-state index in [-0.39, 0.29) is 12.2 Å². The van der Waals surface area contributed by atoms with Crippen molar-refractivity contribution in [1.82, 2.24) is 4.72 Å². The molecule has 0 aliphatic rings. The molecule has 0 unspecified atom stereocenters. The van der Waals surface area contributed by atoms with Crippen LogP contribution in [0.2, 0.25) is 0 Å². The fourth-order valence-corrected chi connectivity index (χ4v) is 4.38. The lowest BCUT2D eigenvalue weighted by atomic mass is 10.3. The fourth-order valence-electron chi connectivity index (χ4n) is 1.68. The van der Waals surface area contributed by atoms with E-state index in [9.17, 15) is 12.8 Å². The summed E-state index contributed by atoms with van der Waals surface area (Å²) >= 11 is 4.86. The average molecular weight is 379 g/mol. The molecule has 4 nitrogen and oxygen atoms in total. The third-order valence-electron chi connectivity index (χ3n) is 2.56. The van der Waals surface area contributed by atoms with Gasteiger partial charge in [-0.05, 0) is 46.6 Å². The van der Waals surface area contributed by atoms with Crippen LogP contribution in [0.1, 0.15) is 4.88 Å². The number of nitrogens with two attached hydrogens (primary N) is 1. The predicted octanol–water partition coefficient (Wildman–Crippen LogP) is 2.75. The summed E-state index contributed by atoms with van der Waals surface area (Å²) < 4.78 is 41.0. The summed E-state index contributed by atoms with van der Waals surface area (Å²) in [5.41, 5.74) is 5.43. The second kappa shape index (κ2) is 6.21. The second-order valence-corrected chi connectivity index (χ2v) is 8.26. The number of rotatable bonds is 5. The van der Waals surface area contributed by atoms with Crippen LogP contribution in [0.15, 0.2) is 39.0 Å². The Labute approximate surface area is 129 Å². The Kier molecular flexibility index (Phi) is 4.79. The normalized spacial score (nSPS) is 11.7. The molecule has 1 aromatic carbocycles. The molecule has 0 radical (unpaired) electrons. The fraction of sp³-hybridized carbons (Fsp3) is 0.167. The molecule has 0 spiro atoms. The third-order valence-corrected chi connectivity index (χ3v) is 5.79. The van der Waals surface area contributed by atoms with E-state index < -0.39 is 20.7 Å². The van der Waals surface area contributed by atoms with Gasteiger partial charge >= 0.3 is 0 Å². The lowest BCUT2D eigenvalue weighted by Crippen LogP contribution is -2.27. The van der Waals surface area contributed by atoms with E-state index in [1.165, 1.54) is 23.5 Å². The predicted molar refractivity (Wildman–Crippen MR) is 81.7 cm³/mol. The van der Waals surface area contributed by atoms with Gasteiger partial charge in [0.2, 0.25) is 10.0 Å². The maximum Gasteiger partial charge on any atom is 0.245 e. The Morgan fingerprint density at radius 3 is 2.65 bits per heavy atom. The van der Waals surface area contributed by atoms with Gasteiger partial charge in [0, 0.05) is 11.4 Å². The molecule has 0 saturated carbocycles. The summed E-state index contributed by atoms with van der Waals surface area (Å²) in [6.45, 7) is 0.184. The van der Waals surface area contributed by atoms with Crippen molar-refractivity contribution in [2.24, 2.45) is 0 Å². The SMILES string of the molecule is Nc1cccc(F)c1S(=O)(=O)NCCc1ccc(Br)s1. The Balaban J connectivity index is 2.08. The van der Waals surface area contributed by atoms with E-state index >= 15 is 0 Å². The van der Waals surface area contributed by atoms with Gasteiger partial charge in [0.1, 0.15) is 10.7 Å². The lowest BCUT2D eigenvalue weighted by Gasteiger charge is -2.09. The minimum atomic E-state index is -3.94. The summed E-state index contributed by atoms with van der Waals surface area (Å²) in [4.78, 5) is 0.536. The molecular formula is C12H12BrFN2O2S2. The Hall–Kier alpha value is -0.960. The van der Waals surface area contributed by atoms with Crippen LogP contribution >= 0.6 is 27.3 Å². The summed E-state index contributed by atoms with van der Waals surface area (Å²) in [6.07, 6.45) is 0.532. The first kappa shape index (κ1) is 15.4. The van der Waals surface area contributed by atoms with Crippen molar-refractivity contribution in [3.8, 4) is 0 Å². The molecule has 0 amide bonds. The summed E-state index contributed by atoms with van der Waals surface area (Å²) in [5, 5.41) is 0. The molecule has 0 atom stereocenters. The van der Waals surface area contributed by atoms with Gasteiger partial charge in [-0.3, -0.25) is 0 Å². The summed E-state index contributed by atoms with van der Waals surface area (Å²) in [6, 6.07) is 7.59. The van der Waals surface area contributed by atoms with Crippen molar-refractivity contribution in [2.75, 3.05) is 12.3 Å². The van der Waals surface area contributed by atoms with Gasteiger partial charge in [0.15, 0.2) is 0 Å². The molecule has 1 aromatic heterocycles. The minimum absolute atomic E-state index is 0.101. The van der Waals surface area contributed by atoms with Crippen LogP contribution in [0.3, 0.4) is 0 Å². The molecule has 0 aliphatic carbocycles. The van der Waals surface area contributed by atoms with Crippen molar-refractivity contribution in [3.05, 3.63) is 44.8 Å². The zero-order chi connectivity index (χ0) is 14.8. The molecule has 0 saturated heterocycles. The Bertz CT molecular complexity index is 696. The number of nitrogens with one attached hydrogen (secondary N) is 1. The first-order valence-corrected chi connectivity index (χ1v) is 8.77. The van der Waals surface area contributed by atoms with Gasteiger partial charge in [-0.2, -0.15) is 0 Å². The molecule has 1 heterocycles. The third kappa shape index (κ3) is 3.57. The molecule has 0 fully saturated rings. The standard InChI is InChI=1S/C12H12BrFN2O2S2/c13-11-5-4-8(19-11)6-7-16-20(17,18)12-9(14)2-1-3-10(12)15/h1-5,16H,6-7,15H2. The number of anilines is 1. The van der Waals surface area contributed by atoms with Crippen molar-refractivity contribution < 1.29 is 12.8 Å². The minimum Gasteiger partial charge on any atom is -0.398 e. The molecule has 108 valence electrons. The Morgan fingerprint density at radius 2 is 2.05 bits per heavy atom. The highest BCUT2D eigenvalue weighted by Crippen LogP contribution is 2.23. The molecule has 0 bridgehead atoms. The molecule has 3 N–H and O–H groups in total. The van der Waals surface area contributed by atoms with Crippen molar-refractivity contribution in [1.29, 1.82) is 0 Å². The van der Waals surface area contributed by atoms with Crippen LogP contribution in [0, 0.1) is 5.82 Å². The van der Waals surface area contributed by atoms with Gasteiger partial charge in [0.05, 0.1) is 9.47 Å². The van der Waals surface area contributed by atoms with Crippen molar-refractivity contribution >= 4 is 43.0 Å². The van der Waals surface area contributed by atoms with E-state index in [2.05, 4.69) is 20.7 Å². The monoisotopic (exact) mass is 378 g/mol. The van der Waals surface area contributed by atoms with Crippen molar-refractivity contribution in [2.45, 2.75) is 11.3 Å². The maximum absolute atomic E-state index is 13.6. The molecule has 2 rings (SSSR count). The number of halogens is 2. The topological polar surface area (TPSA) is 72.2 Å². The zero-order valence-electron chi connectivity index (χ0n) is 10.3. The van der Waals surface area contributed by atoms with Gasteiger partial charge < -0.3 is 5.73 Å². The van der Waals surface area contributed by atoms with Gasteiger partial charge in [0.25, 0.3) is 0 Å². The van der Waals surface area contributed by atoms with E-state index in [0.29, 0.717) is 6.42 Å². The average Bonchev–Trinajstić information content (AvgIpc) is 2.74. The first-order chi connectivity index (χ1) is 9.40. The Morgan fingerprint density at radius 1 is 1.30 bits per heavy atom. The quantitative estimate of drug-likeness (QED) is 0.785. The lowest BCUT2D eigenvalue weighted by molar-refractivity contribution is 0.558. The van der Waals surface area contributed by atoms with E-state index in [1.54, 1.807) is 0 Å². The molecular weight excluding hydrogens is 367 g/mol. The number of sulfonamides is 1. The van der Waals surface area contributed by atoms with Gasteiger partial charge in [-0.25, -0.2) is 17.5 Å². The summed E-state index contributed by atoms with van der Waals surface area (Å²) in [7, 11) is -3.94. The smallest absolute Gasteiger partial charge is 0.245 e. The maximum atomic E-state index is 13.6. The van der Waals surface area contributed by atoms with Crippen LogP contribution in [-0.4, -0.2) is 15.0 Å². The number of hydrogen-bond donors (Lipinski definition) is 2. The van der Waals surface area contributed by atoms with Gasteiger partial charge in [-0.15, -0.1) is 11.3 Å². The highest BCUT2D eigenvalue weighted by molar-refractivity contribution is 9.11. The highest BCUT2D eigenvalue weighted by atomic mass is 79.9. The van der Waals surface area contributed by atoms with Crippen LogP contribution in [0.25, 0.3) is 0 Å². The van der Waals surface area contributed by atoms with Crippen LogP contribution < -0.4 is 10.5 Å². The highest BCUT2D eigenvalue weighted by Gasteiger charge is 2.21. The second-order valence-electron chi connectivity index (χ2n) is 4.01. The van der Waals surface area contributed by atoms with Gasteiger partial charge in [-0.1, -0.05) is 6.07 Å².